The van der Waals surface area contributed by atoms with Crippen molar-refractivity contribution in [2.45, 2.75) is 0 Å². The van der Waals surface area contributed by atoms with Gasteiger partial charge in [-0.05, 0) is 0 Å². The van der Waals surface area contributed by atoms with Crippen LogP contribution in [0.1, 0.15) is 0 Å². The van der Waals surface area contributed by atoms with Crippen LogP contribution in [0.5, 0.6) is 0 Å². The van der Waals surface area contributed by atoms with Crippen molar-refractivity contribution >= 4 is 11.9 Å². The summed E-state index contributed by atoms with van der Waals surface area (Å²) in [7, 11) is 0. The van der Waals surface area contributed by atoms with Gasteiger partial charge in [0.15, 0.2) is 0 Å². The summed E-state index contributed by atoms with van der Waals surface area (Å²) in [5.41, 5.74) is 0. The van der Waals surface area contributed by atoms with Crippen LogP contribution in [0, 0.1) is 0 Å². The molecule has 0 saturated carbocycles. The van der Waals surface area contributed by atoms with E-state index in [0.29, 0.717) is 12.2 Å². The van der Waals surface area contributed by atoms with E-state index in [1.165, 1.54) is 0 Å². The van der Waals surface area contributed by atoms with Crippen LogP contribution in [0.3, 0.4) is 0 Å². The normalized spacial score (nSPS) is 6.33. The number of rotatable bonds is 2. The summed E-state index contributed by atoms with van der Waals surface area (Å²) in [6.07, 6.45) is 1.12. The average molecular weight is 225 g/mol. The largest absolute Gasteiger partial charge is 0.478 e. The molecule has 0 aromatic carbocycles. The van der Waals surface area contributed by atoms with E-state index < -0.39 is 11.9 Å². The van der Waals surface area contributed by atoms with Crippen molar-refractivity contribution in [2.24, 2.45) is 0 Å². The Morgan fingerprint density at radius 2 is 1.00 bits per heavy atom. The van der Waals surface area contributed by atoms with Crippen molar-refractivity contribution < 1.29 is 53.3 Å². The zero-order chi connectivity index (χ0) is 6.57. The summed E-state index contributed by atoms with van der Waals surface area (Å²) in [6.45, 7) is 0. The number of carboxylic acid groups (broad SMARTS) is 2. The number of hydrogen-bond acceptors (Lipinski definition) is 2. The van der Waals surface area contributed by atoms with E-state index in [0.717, 1.165) is 0 Å². The van der Waals surface area contributed by atoms with Gasteiger partial charge in [-0.3, -0.25) is 0 Å². The Balaban J connectivity index is -0.0000000408. The monoisotopic (exact) mass is 225 g/mol. The minimum atomic E-state index is -1.26. The van der Waals surface area contributed by atoms with Crippen LogP contribution >= 0.6 is 0 Å². The number of carboxylic acids is 2. The molecule has 0 aliphatic heterocycles. The van der Waals surface area contributed by atoms with Crippen molar-refractivity contribution in [2.75, 3.05) is 0 Å². The van der Waals surface area contributed by atoms with Gasteiger partial charge in [-0.15, -0.1) is 0 Å². The topological polar surface area (TPSA) is 169 Å². The molecular formula is C4H10MnO7. The maximum Gasteiger partial charge on any atom is 0.328 e. The number of carbonyl (C=O) groups is 2. The van der Waals surface area contributed by atoms with E-state index in [-0.39, 0.29) is 33.5 Å². The standard InChI is InChI=1S/C4H4O4.Mn.3H2O/c5-3(6)1-2-4(7)8;;;;/h1-2H,(H,5,6)(H,7,8);;3*1H2/b2-1-;;;;. The molecule has 0 fully saturated rings. The predicted octanol–water partition coefficient (Wildman–Crippen LogP) is -2.76. The van der Waals surface area contributed by atoms with Gasteiger partial charge in [0.05, 0.1) is 0 Å². The second kappa shape index (κ2) is 16.6. The van der Waals surface area contributed by atoms with Crippen LogP contribution in [0.4, 0.5) is 0 Å². The second-order valence-corrected chi connectivity index (χ2v) is 1.01. The van der Waals surface area contributed by atoms with Crippen molar-refractivity contribution in [3.8, 4) is 0 Å². The van der Waals surface area contributed by atoms with Gasteiger partial charge in [-0.2, -0.15) is 0 Å². The van der Waals surface area contributed by atoms with Gasteiger partial charge >= 0.3 is 11.9 Å². The van der Waals surface area contributed by atoms with E-state index in [1.54, 1.807) is 0 Å². The number of aliphatic carboxylic acids is 2. The van der Waals surface area contributed by atoms with Crippen LogP contribution in [0.15, 0.2) is 12.2 Å². The zero-order valence-corrected chi connectivity index (χ0v) is 6.92. The van der Waals surface area contributed by atoms with Crippen LogP contribution in [0.2, 0.25) is 0 Å². The summed E-state index contributed by atoms with van der Waals surface area (Å²) in [5, 5.41) is 15.6. The molecule has 0 aromatic heterocycles. The summed E-state index contributed by atoms with van der Waals surface area (Å²) in [5.74, 6) is -2.51. The van der Waals surface area contributed by atoms with Crippen LogP contribution < -0.4 is 0 Å². The van der Waals surface area contributed by atoms with Gasteiger partial charge < -0.3 is 26.6 Å². The molecule has 1 radical (unpaired) electrons. The summed E-state index contributed by atoms with van der Waals surface area (Å²) in [6, 6.07) is 0. The molecule has 8 heteroatoms. The van der Waals surface area contributed by atoms with Gasteiger partial charge in [0.25, 0.3) is 0 Å². The molecule has 0 aliphatic rings. The molecule has 0 unspecified atom stereocenters. The summed E-state index contributed by atoms with van der Waals surface area (Å²) < 4.78 is 0. The molecule has 8 N–H and O–H groups in total. The first kappa shape index (κ1) is 30.5. The van der Waals surface area contributed by atoms with Crippen LogP contribution in [0.25, 0.3) is 0 Å². The molecule has 12 heavy (non-hydrogen) atoms. The fraction of sp³-hybridized carbons (Fsp3) is 0. The fourth-order valence-electron chi connectivity index (χ4n) is 0.143. The van der Waals surface area contributed by atoms with Crippen LogP contribution in [-0.2, 0) is 26.7 Å². The first-order valence-electron chi connectivity index (χ1n) is 1.77. The molecule has 7 nitrogen and oxygen atoms in total. The average Bonchev–Trinajstić information content (AvgIpc) is 1.61. The molecular weight excluding hydrogens is 215 g/mol. The Bertz CT molecular complexity index is 126. The fourth-order valence-corrected chi connectivity index (χ4v) is 0.143. The molecule has 0 aliphatic carbocycles. The molecule has 0 spiro atoms. The summed E-state index contributed by atoms with van der Waals surface area (Å²) in [4.78, 5) is 19.1. The Morgan fingerprint density at radius 1 is 0.833 bits per heavy atom. The van der Waals surface area contributed by atoms with Gasteiger partial charge in [0, 0.05) is 29.2 Å². The molecule has 0 bridgehead atoms. The molecule has 0 amide bonds. The maximum absolute atomic E-state index is 9.55. The minimum Gasteiger partial charge on any atom is -0.478 e. The van der Waals surface area contributed by atoms with Crippen molar-refractivity contribution in [3.63, 3.8) is 0 Å². The van der Waals surface area contributed by atoms with E-state index in [2.05, 4.69) is 0 Å². The van der Waals surface area contributed by atoms with Gasteiger partial charge in [0.2, 0.25) is 0 Å². The number of hydrogen-bond donors (Lipinski definition) is 2. The Morgan fingerprint density at radius 3 is 1.08 bits per heavy atom. The Kier molecular flexibility index (Phi) is 42.1. The van der Waals surface area contributed by atoms with E-state index >= 15 is 0 Å². The smallest absolute Gasteiger partial charge is 0.328 e. The molecule has 0 atom stereocenters. The van der Waals surface area contributed by atoms with Gasteiger partial charge in [-0.25, -0.2) is 9.59 Å². The molecule has 0 saturated heterocycles. The third kappa shape index (κ3) is 35.6. The first-order chi connectivity index (χ1) is 3.63. The molecule has 0 aromatic rings. The molecule has 0 heterocycles. The summed E-state index contributed by atoms with van der Waals surface area (Å²) >= 11 is 0. The second-order valence-electron chi connectivity index (χ2n) is 1.01. The first-order valence-corrected chi connectivity index (χ1v) is 1.77. The third-order valence-electron chi connectivity index (χ3n) is 0.368. The van der Waals surface area contributed by atoms with Gasteiger partial charge in [0.1, 0.15) is 0 Å². The predicted molar refractivity (Wildman–Crippen MR) is 35.3 cm³/mol. The van der Waals surface area contributed by atoms with Crippen molar-refractivity contribution in [1.82, 2.24) is 0 Å². The Labute approximate surface area is 78.1 Å². The van der Waals surface area contributed by atoms with Crippen molar-refractivity contribution in [3.05, 3.63) is 12.2 Å². The minimum absolute atomic E-state index is 0. The van der Waals surface area contributed by atoms with E-state index in [9.17, 15) is 9.59 Å². The molecule has 0 rings (SSSR count). The van der Waals surface area contributed by atoms with Crippen molar-refractivity contribution in [1.29, 1.82) is 0 Å². The van der Waals surface area contributed by atoms with E-state index in [4.69, 9.17) is 10.2 Å². The maximum atomic E-state index is 9.55. The Hall–Kier alpha value is -0.921. The third-order valence-corrected chi connectivity index (χ3v) is 0.368. The molecule has 75 valence electrons. The zero-order valence-electron chi connectivity index (χ0n) is 5.74. The van der Waals surface area contributed by atoms with Crippen LogP contribution in [-0.4, -0.2) is 38.6 Å². The van der Waals surface area contributed by atoms with Gasteiger partial charge in [-0.1, -0.05) is 0 Å². The SMILES string of the molecule is O.O.O.O=C(O)/C=C\C(=O)O.[Mn]. The quantitative estimate of drug-likeness (QED) is 0.383. The van der Waals surface area contributed by atoms with E-state index in [1.807, 2.05) is 0 Å².